The van der Waals surface area contributed by atoms with Crippen LogP contribution in [0.15, 0.2) is 18.2 Å². The largest absolute Gasteiger partial charge is 0.396 e. The molecule has 0 saturated heterocycles. The number of anilines is 1. The van der Waals surface area contributed by atoms with Gasteiger partial charge in [0.2, 0.25) is 0 Å². The van der Waals surface area contributed by atoms with E-state index >= 15 is 0 Å². The number of benzene rings is 1. The number of nitrogens with zero attached hydrogens (tertiary/aromatic N) is 1. The molecular formula is C13H21FN2O. The molecule has 4 heteroatoms. The summed E-state index contributed by atoms with van der Waals surface area (Å²) in [5, 5.41) is 11.8. The molecule has 0 aliphatic rings. The zero-order chi connectivity index (χ0) is 12.8. The summed E-state index contributed by atoms with van der Waals surface area (Å²) in [5.74, 6) is -0.218. The van der Waals surface area contributed by atoms with Crippen LogP contribution in [0.3, 0.4) is 0 Å². The second-order valence-electron chi connectivity index (χ2n) is 4.22. The summed E-state index contributed by atoms with van der Waals surface area (Å²) >= 11 is 0. The molecule has 0 radical (unpaired) electrons. The Hall–Kier alpha value is -1.13. The number of hydrogen-bond acceptors (Lipinski definition) is 3. The van der Waals surface area contributed by atoms with Gasteiger partial charge in [-0.1, -0.05) is 6.07 Å². The van der Waals surface area contributed by atoms with E-state index < -0.39 is 0 Å². The Labute approximate surface area is 102 Å². The van der Waals surface area contributed by atoms with Crippen molar-refractivity contribution in [2.75, 3.05) is 32.1 Å². The molecule has 0 spiro atoms. The fourth-order valence-corrected chi connectivity index (χ4v) is 1.70. The molecule has 3 nitrogen and oxygen atoms in total. The third-order valence-corrected chi connectivity index (χ3v) is 2.97. The van der Waals surface area contributed by atoms with Crippen LogP contribution in [0.5, 0.6) is 0 Å². The van der Waals surface area contributed by atoms with E-state index in [2.05, 4.69) is 5.32 Å². The molecular weight excluding hydrogens is 219 g/mol. The summed E-state index contributed by atoms with van der Waals surface area (Å²) in [4.78, 5) is 1.82. The monoisotopic (exact) mass is 240 g/mol. The first-order chi connectivity index (χ1) is 8.10. The minimum absolute atomic E-state index is 0.126. The number of rotatable bonds is 6. The highest BCUT2D eigenvalue weighted by Crippen LogP contribution is 2.22. The second-order valence-corrected chi connectivity index (χ2v) is 4.22. The quantitative estimate of drug-likeness (QED) is 0.797. The van der Waals surface area contributed by atoms with Crippen molar-refractivity contribution in [3.63, 3.8) is 0 Å². The van der Waals surface area contributed by atoms with Crippen LogP contribution in [0.4, 0.5) is 10.1 Å². The van der Waals surface area contributed by atoms with Gasteiger partial charge in [0.15, 0.2) is 0 Å². The summed E-state index contributed by atoms with van der Waals surface area (Å²) in [6.45, 7) is 2.76. The molecule has 0 aliphatic heterocycles. The molecule has 0 saturated carbocycles. The Morgan fingerprint density at radius 1 is 1.47 bits per heavy atom. The molecule has 1 aromatic carbocycles. The first-order valence-electron chi connectivity index (χ1n) is 5.88. The molecule has 2 N–H and O–H groups in total. The van der Waals surface area contributed by atoms with Crippen LogP contribution in [-0.2, 0) is 0 Å². The lowest BCUT2D eigenvalue weighted by molar-refractivity contribution is 0.290. The molecule has 0 aliphatic carbocycles. The van der Waals surface area contributed by atoms with E-state index in [1.807, 2.05) is 32.0 Å². The SMILES string of the molecule is CNC(C)c1ccc(N(C)CCCO)c(F)c1. The maximum Gasteiger partial charge on any atom is 0.146 e. The van der Waals surface area contributed by atoms with Crippen molar-refractivity contribution in [3.05, 3.63) is 29.6 Å². The van der Waals surface area contributed by atoms with Gasteiger partial charge in [0.1, 0.15) is 5.82 Å². The average molecular weight is 240 g/mol. The highest BCUT2D eigenvalue weighted by atomic mass is 19.1. The van der Waals surface area contributed by atoms with E-state index in [1.54, 1.807) is 12.1 Å². The van der Waals surface area contributed by atoms with Gasteiger partial charge in [0, 0.05) is 26.2 Å². The molecule has 0 aromatic heterocycles. The number of nitrogens with one attached hydrogen (secondary N) is 1. The molecule has 0 heterocycles. The van der Waals surface area contributed by atoms with Crippen molar-refractivity contribution in [1.82, 2.24) is 5.32 Å². The van der Waals surface area contributed by atoms with Crippen molar-refractivity contribution >= 4 is 5.69 Å². The van der Waals surface area contributed by atoms with Gasteiger partial charge in [-0.15, -0.1) is 0 Å². The zero-order valence-corrected chi connectivity index (χ0v) is 10.7. The van der Waals surface area contributed by atoms with E-state index in [1.165, 1.54) is 0 Å². The van der Waals surface area contributed by atoms with Crippen LogP contribution in [0.1, 0.15) is 24.9 Å². The molecule has 0 amide bonds. The Balaban J connectivity index is 2.82. The Morgan fingerprint density at radius 2 is 2.18 bits per heavy atom. The number of aliphatic hydroxyl groups excluding tert-OH is 1. The summed E-state index contributed by atoms with van der Waals surface area (Å²) in [6, 6.07) is 5.41. The summed E-state index contributed by atoms with van der Waals surface area (Å²) in [6.07, 6.45) is 0.643. The van der Waals surface area contributed by atoms with Gasteiger partial charge in [-0.25, -0.2) is 4.39 Å². The molecule has 96 valence electrons. The Morgan fingerprint density at radius 3 is 2.71 bits per heavy atom. The normalized spacial score (nSPS) is 12.5. The highest BCUT2D eigenvalue weighted by Gasteiger charge is 2.10. The summed E-state index contributed by atoms with van der Waals surface area (Å²) in [7, 11) is 3.68. The first kappa shape index (κ1) is 13.9. The van der Waals surface area contributed by atoms with Crippen molar-refractivity contribution in [3.8, 4) is 0 Å². The highest BCUT2D eigenvalue weighted by molar-refractivity contribution is 5.48. The van der Waals surface area contributed by atoms with Crippen LogP contribution >= 0.6 is 0 Å². The molecule has 0 fully saturated rings. The third kappa shape index (κ3) is 3.68. The molecule has 17 heavy (non-hydrogen) atoms. The predicted octanol–water partition coefficient (Wildman–Crippen LogP) is 1.92. The molecule has 1 aromatic rings. The lowest BCUT2D eigenvalue weighted by Gasteiger charge is -2.20. The third-order valence-electron chi connectivity index (χ3n) is 2.97. The van der Waals surface area contributed by atoms with Crippen LogP contribution in [0.25, 0.3) is 0 Å². The molecule has 1 unspecified atom stereocenters. The Bertz CT molecular complexity index is 357. The average Bonchev–Trinajstić information content (AvgIpc) is 2.34. The molecule has 0 bridgehead atoms. The van der Waals surface area contributed by atoms with Gasteiger partial charge >= 0.3 is 0 Å². The maximum absolute atomic E-state index is 13.9. The van der Waals surface area contributed by atoms with Crippen molar-refractivity contribution in [2.24, 2.45) is 0 Å². The van der Waals surface area contributed by atoms with Gasteiger partial charge in [0.05, 0.1) is 5.69 Å². The summed E-state index contributed by atoms with van der Waals surface area (Å²) < 4.78 is 13.9. The van der Waals surface area contributed by atoms with Crippen LogP contribution in [0.2, 0.25) is 0 Å². The van der Waals surface area contributed by atoms with Crippen LogP contribution in [-0.4, -0.2) is 32.4 Å². The number of aliphatic hydroxyl groups is 1. The van der Waals surface area contributed by atoms with Gasteiger partial charge in [0.25, 0.3) is 0 Å². The van der Waals surface area contributed by atoms with E-state index in [-0.39, 0.29) is 18.5 Å². The molecule has 1 atom stereocenters. The number of halogens is 1. The lowest BCUT2D eigenvalue weighted by Crippen LogP contribution is -2.21. The standard InChI is InChI=1S/C13H21FN2O/c1-10(15-2)11-5-6-13(12(14)9-11)16(3)7-4-8-17/h5-6,9-10,15,17H,4,7-8H2,1-3H3. The fourth-order valence-electron chi connectivity index (χ4n) is 1.70. The van der Waals surface area contributed by atoms with E-state index in [4.69, 9.17) is 5.11 Å². The number of hydrogen-bond donors (Lipinski definition) is 2. The zero-order valence-electron chi connectivity index (χ0n) is 10.7. The van der Waals surface area contributed by atoms with Gasteiger partial charge in [-0.2, -0.15) is 0 Å². The molecule has 1 rings (SSSR count). The minimum atomic E-state index is -0.218. The summed E-state index contributed by atoms with van der Waals surface area (Å²) in [5.41, 5.74) is 1.51. The van der Waals surface area contributed by atoms with Crippen LogP contribution < -0.4 is 10.2 Å². The topological polar surface area (TPSA) is 35.5 Å². The smallest absolute Gasteiger partial charge is 0.146 e. The van der Waals surface area contributed by atoms with E-state index in [0.29, 0.717) is 18.7 Å². The first-order valence-corrected chi connectivity index (χ1v) is 5.88. The Kier molecular flexibility index (Phi) is 5.38. The second kappa shape index (κ2) is 6.57. The predicted molar refractivity (Wildman–Crippen MR) is 68.8 cm³/mol. The van der Waals surface area contributed by atoms with E-state index in [0.717, 1.165) is 5.56 Å². The van der Waals surface area contributed by atoms with Crippen molar-refractivity contribution in [1.29, 1.82) is 0 Å². The fraction of sp³-hybridized carbons (Fsp3) is 0.538. The van der Waals surface area contributed by atoms with Crippen molar-refractivity contribution < 1.29 is 9.50 Å². The van der Waals surface area contributed by atoms with Gasteiger partial charge < -0.3 is 15.3 Å². The van der Waals surface area contributed by atoms with E-state index in [9.17, 15) is 4.39 Å². The van der Waals surface area contributed by atoms with Gasteiger partial charge in [-0.3, -0.25) is 0 Å². The van der Waals surface area contributed by atoms with Gasteiger partial charge in [-0.05, 0) is 38.1 Å². The maximum atomic E-state index is 13.9. The van der Waals surface area contributed by atoms with Crippen molar-refractivity contribution in [2.45, 2.75) is 19.4 Å². The van der Waals surface area contributed by atoms with Crippen LogP contribution in [0, 0.1) is 5.82 Å². The lowest BCUT2D eigenvalue weighted by atomic mass is 10.1. The minimum Gasteiger partial charge on any atom is -0.396 e.